The second kappa shape index (κ2) is 7.50. The number of hydrogen-bond acceptors (Lipinski definition) is 3. The van der Waals surface area contributed by atoms with Crippen molar-refractivity contribution in [1.82, 2.24) is 5.32 Å². The summed E-state index contributed by atoms with van der Waals surface area (Å²) in [6.07, 6.45) is 3.22. The number of anilines is 1. The number of nitrogens with one attached hydrogen (secondary N) is 2. The molecular formula is C15H21ClN2O2. The number of hydrogen-bond donors (Lipinski definition) is 2. The molecule has 0 aliphatic carbocycles. The van der Waals surface area contributed by atoms with Gasteiger partial charge in [-0.05, 0) is 37.5 Å². The summed E-state index contributed by atoms with van der Waals surface area (Å²) < 4.78 is 5.50. The van der Waals surface area contributed by atoms with Gasteiger partial charge in [0.05, 0.1) is 11.7 Å². The van der Waals surface area contributed by atoms with Gasteiger partial charge in [0, 0.05) is 30.4 Å². The standard InChI is InChI=1S/C15H21ClN2O2/c1-2-7-17-14-6-5-11(16)9-13(14)15(19)18-10-12-4-3-8-20-12/h5-6,9,12,17H,2-4,7-8,10H2,1H3,(H,18,19). The summed E-state index contributed by atoms with van der Waals surface area (Å²) in [5, 5.41) is 6.73. The van der Waals surface area contributed by atoms with Gasteiger partial charge in [0.15, 0.2) is 0 Å². The van der Waals surface area contributed by atoms with Crippen LogP contribution in [0.15, 0.2) is 18.2 Å². The quantitative estimate of drug-likeness (QED) is 0.848. The maximum absolute atomic E-state index is 12.3. The highest BCUT2D eigenvalue weighted by molar-refractivity contribution is 6.31. The van der Waals surface area contributed by atoms with E-state index in [0.29, 0.717) is 17.1 Å². The highest BCUT2D eigenvalue weighted by atomic mass is 35.5. The van der Waals surface area contributed by atoms with E-state index >= 15 is 0 Å². The molecule has 0 spiro atoms. The minimum absolute atomic E-state index is 0.110. The zero-order valence-electron chi connectivity index (χ0n) is 11.7. The first kappa shape index (κ1) is 15.1. The molecule has 0 radical (unpaired) electrons. The SMILES string of the molecule is CCCNc1ccc(Cl)cc1C(=O)NCC1CCCO1. The minimum Gasteiger partial charge on any atom is -0.384 e. The molecule has 4 nitrogen and oxygen atoms in total. The molecule has 2 N–H and O–H groups in total. The number of rotatable bonds is 6. The van der Waals surface area contributed by atoms with E-state index in [-0.39, 0.29) is 12.0 Å². The fraction of sp³-hybridized carbons (Fsp3) is 0.533. The van der Waals surface area contributed by atoms with Gasteiger partial charge in [-0.25, -0.2) is 0 Å². The average Bonchev–Trinajstić information content (AvgIpc) is 2.96. The normalized spacial score (nSPS) is 18.0. The van der Waals surface area contributed by atoms with E-state index < -0.39 is 0 Å². The van der Waals surface area contributed by atoms with E-state index in [0.717, 1.165) is 38.1 Å². The molecule has 1 atom stereocenters. The monoisotopic (exact) mass is 296 g/mol. The number of ether oxygens (including phenoxy) is 1. The highest BCUT2D eigenvalue weighted by Gasteiger charge is 2.18. The van der Waals surface area contributed by atoms with Crippen LogP contribution >= 0.6 is 11.6 Å². The summed E-state index contributed by atoms with van der Waals surface area (Å²) in [7, 11) is 0. The molecule has 1 aliphatic heterocycles. The average molecular weight is 297 g/mol. The van der Waals surface area contributed by atoms with Gasteiger partial charge in [0.25, 0.3) is 5.91 Å². The number of halogens is 1. The van der Waals surface area contributed by atoms with Crippen molar-refractivity contribution >= 4 is 23.2 Å². The largest absolute Gasteiger partial charge is 0.384 e. The molecule has 1 fully saturated rings. The van der Waals surface area contributed by atoms with Crippen molar-refractivity contribution in [3.63, 3.8) is 0 Å². The Hall–Kier alpha value is -1.26. The Morgan fingerprint density at radius 2 is 2.35 bits per heavy atom. The maximum atomic E-state index is 12.3. The van der Waals surface area contributed by atoms with Gasteiger partial charge in [0.2, 0.25) is 0 Å². The fourth-order valence-electron chi connectivity index (χ4n) is 2.23. The van der Waals surface area contributed by atoms with Crippen LogP contribution in [0.5, 0.6) is 0 Å². The Bertz CT molecular complexity index is 459. The lowest BCUT2D eigenvalue weighted by Gasteiger charge is -2.14. The topological polar surface area (TPSA) is 50.4 Å². The molecule has 1 aliphatic rings. The zero-order valence-corrected chi connectivity index (χ0v) is 12.5. The third kappa shape index (κ3) is 4.12. The first-order valence-electron chi connectivity index (χ1n) is 7.14. The smallest absolute Gasteiger partial charge is 0.253 e. The molecule has 0 bridgehead atoms. The lowest BCUT2D eigenvalue weighted by Crippen LogP contribution is -2.32. The van der Waals surface area contributed by atoms with Crippen LogP contribution in [-0.2, 0) is 4.74 Å². The van der Waals surface area contributed by atoms with Crippen LogP contribution in [0.3, 0.4) is 0 Å². The van der Waals surface area contributed by atoms with E-state index in [9.17, 15) is 4.79 Å². The summed E-state index contributed by atoms with van der Waals surface area (Å²) >= 11 is 5.99. The van der Waals surface area contributed by atoms with Crippen LogP contribution in [0.2, 0.25) is 5.02 Å². The van der Waals surface area contributed by atoms with Gasteiger partial charge in [-0.1, -0.05) is 18.5 Å². The number of benzene rings is 1. The molecule has 1 saturated heterocycles. The molecule has 2 rings (SSSR count). The lowest BCUT2D eigenvalue weighted by atomic mass is 10.1. The summed E-state index contributed by atoms with van der Waals surface area (Å²) in [5.41, 5.74) is 1.41. The van der Waals surface area contributed by atoms with Crippen molar-refractivity contribution in [2.45, 2.75) is 32.3 Å². The number of amides is 1. The minimum atomic E-state index is -0.110. The lowest BCUT2D eigenvalue weighted by molar-refractivity contribution is 0.0858. The molecule has 110 valence electrons. The van der Waals surface area contributed by atoms with Gasteiger partial charge in [-0.3, -0.25) is 4.79 Å². The van der Waals surface area contributed by atoms with Gasteiger partial charge < -0.3 is 15.4 Å². The van der Waals surface area contributed by atoms with E-state index in [1.807, 2.05) is 6.07 Å². The van der Waals surface area contributed by atoms with Crippen molar-refractivity contribution < 1.29 is 9.53 Å². The molecule has 1 amide bonds. The predicted molar refractivity (Wildman–Crippen MR) is 81.5 cm³/mol. The molecule has 5 heteroatoms. The molecule has 1 aromatic carbocycles. The van der Waals surface area contributed by atoms with Crippen molar-refractivity contribution in [1.29, 1.82) is 0 Å². The van der Waals surface area contributed by atoms with Crippen molar-refractivity contribution in [2.75, 3.05) is 25.0 Å². The predicted octanol–water partition coefficient (Wildman–Crippen LogP) is 3.07. The summed E-state index contributed by atoms with van der Waals surface area (Å²) in [4.78, 5) is 12.3. The van der Waals surface area contributed by atoms with E-state index in [2.05, 4.69) is 17.6 Å². The molecule has 1 aromatic rings. The van der Waals surface area contributed by atoms with E-state index in [4.69, 9.17) is 16.3 Å². The summed E-state index contributed by atoms with van der Waals surface area (Å²) in [6.45, 7) is 4.26. The number of carbonyl (C=O) groups excluding carboxylic acids is 1. The summed E-state index contributed by atoms with van der Waals surface area (Å²) in [6, 6.07) is 5.33. The zero-order chi connectivity index (χ0) is 14.4. The Morgan fingerprint density at radius 3 is 3.05 bits per heavy atom. The molecule has 0 aromatic heterocycles. The first-order valence-corrected chi connectivity index (χ1v) is 7.51. The van der Waals surface area contributed by atoms with Gasteiger partial charge in [0.1, 0.15) is 0 Å². The Morgan fingerprint density at radius 1 is 1.50 bits per heavy atom. The second-order valence-electron chi connectivity index (χ2n) is 4.96. The van der Waals surface area contributed by atoms with Crippen LogP contribution in [0.4, 0.5) is 5.69 Å². The van der Waals surface area contributed by atoms with Crippen LogP contribution in [0.25, 0.3) is 0 Å². The van der Waals surface area contributed by atoms with Crippen molar-refractivity contribution in [3.8, 4) is 0 Å². The molecule has 1 heterocycles. The van der Waals surface area contributed by atoms with Gasteiger partial charge in [-0.2, -0.15) is 0 Å². The molecular weight excluding hydrogens is 276 g/mol. The van der Waals surface area contributed by atoms with Crippen molar-refractivity contribution in [3.05, 3.63) is 28.8 Å². The van der Waals surface area contributed by atoms with Crippen LogP contribution in [-0.4, -0.2) is 31.7 Å². The second-order valence-corrected chi connectivity index (χ2v) is 5.40. The maximum Gasteiger partial charge on any atom is 0.253 e. The van der Waals surface area contributed by atoms with E-state index in [1.54, 1.807) is 12.1 Å². The van der Waals surface area contributed by atoms with E-state index in [1.165, 1.54) is 0 Å². The molecule has 20 heavy (non-hydrogen) atoms. The molecule has 1 unspecified atom stereocenters. The van der Waals surface area contributed by atoms with Gasteiger partial charge in [-0.15, -0.1) is 0 Å². The fourth-order valence-corrected chi connectivity index (χ4v) is 2.40. The Balaban J connectivity index is 2.00. The highest BCUT2D eigenvalue weighted by Crippen LogP contribution is 2.21. The Kier molecular flexibility index (Phi) is 5.68. The van der Waals surface area contributed by atoms with Crippen LogP contribution in [0, 0.1) is 0 Å². The summed E-state index contributed by atoms with van der Waals surface area (Å²) in [5.74, 6) is -0.110. The van der Waals surface area contributed by atoms with Gasteiger partial charge >= 0.3 is 0 Å². The molecule has 0 saturated carbocycles. The first-order chi connectivity index (χ1) is 9.70. The Labute approximate surface area is 124 Å². The van der Waals surface area contributed by atoms with Crippen LogP contribution < -0.4 is 10.6 Å². The number of carbonyl (C=O) groups is 1. The third-order valence-electron chi connectivity index (χ3n) is 3.31. The van der Waals surface area contributed by atoms with Crippen molar-refractivity contribution in [2.24, 2.45) is 0 Å². The van der Waals surface area contributed by atoms with Crippen LogP contribution in [0.1, 0.15) is 36.5 Å². The third-order valence-corrected chi connectivity index (χ3v) is 3.54.